The zero-order chi connectivity index (χ0) is 12.6. The Morgan fingerprint density at radius 2 is 1.82 bits per heavy atom. The van der Waals surface area contributed by atoms with Gasteiger partial charge in [-0.25, -0.2) is 8.78 Å². The van der Waals surface area contributed by atoms with Gasteiger partial charge in [0.05, 0.1) is 11.6 Å². The first-order valence-corrected chi connectivity index (χ1v) is 5.64. The number of hydrogen-bond donors (Lipinski definition) is 0. The highest BCUT2D eigenvalue weighted by Crippen LogP contribution is 2.35. The van der Waals surface area contributed by atoms with Crippen molar-refractivity contribution in [3.63, 3.8) is 0 Å². The van der Waals surface area contributed by atoms with E-state index in [1.807, 2.05) is 0 Å². The summed E-state index contributed by atoms with van der Waals surface area (Å²) in [6.45, 7) is 1.76. The summed E-state index contributed by atoms with van der Waals surface area (Å²) in [4.78, 5) is 0. The molecule has 90 valence electrons. The van der Waals surface area contributed by atoms with E-state index in [1.165, 1.54) is 6.26 Å². The summed E-state index contributed by atoms with van der Waals surface area (Å²) in [5.41, 5.74) is 0.963. The maximum Gasteiger partial charge on any atom is 0.160 e. The second-order valence-electron chi connectivity index (χ2n) is 3.64. The quantitative estimate of drug-likeness (QED) is 0.565. The van der Waals surface area contributed by atoms with Crippen LogP contribution in [0.3, 0.4) is 0 Å². The van der Waals surface area contributed by atoms with Gasteiger partial charge in [-0.1, -0.05) is 11.6 Å². The van der Waals surface area contributed by atoms with Crippen molar-refractivity contribution in [3.05, 3.63) is 58.0 Å². The smallest absolute Gasteiger partial charge is 0.160 e. The number of furan rings is 1. The van der Waals surface area contributed by atoms with Crippen molar-refractivity contribution in [1.82, 2.24) is 0 Å². The van der Waals surface area contributed by atoms with E-state index in [0.29, 0.717) is 16.9 Å². The van der Waals surface area contributed by atoms with Gasteiger partial charge in [-0.3, -0.25) is 0 Å². The van der Waals surface area contributed by atoms with Crippen LogP contribution < -0.4 is 0 Å². The van der Waals surface area contributed by atoms with Crippen molar-refractivity contribution in [2.45, 2.75) is 12.3 Å². The maximum absolute atomic E-state index is 13.1. The van der Waals surface area contributed by atoms with E-state index in [0.717, 1.165) is 12.1 Å². The molecule has 1 aromatic heterocycles. The number of benzene rings is 1. The molecule has 0 saturated carbocycles. The summed E-state index contributed by atoms with van der Waals surface area (Å²) in [5.74, 6) is -1.29. The fourth-order valence-electron chi connectivity index (χ4n) is 1.51. The predicted octanol–water partition coefficient (Wildman–Crippen LogP) is 4.85. The molecule has 1 atom stereocenters. The van der Waals surface area contributed by atoms with Crippen molar-refractivity contribution in [3.8, 4) is 0 Å². The molecule has 0 fully saturated rings. The Morgan fingerprint density at radius 1 is 1.18 bits per heavy atom. The van der Waals surface area contributed by atoms with Crippen LogP contribution in [0.4, 0.5) is 8.78 Å². The van der Waals surface area contributed by atoms with E-state index >= 15 is 0 Å². The van der Waals surface area contributed by atoms with Gasteiger partial charge in [0.1, 0.15) is 5.76 Å². The van der Waals surface area contributed by atoms with E-state index in [4.69, 9.17) is 27.6 Å². The predicted molar refractivity (Wildman–Crippen MR) is 62.5 cm³/mol. The first-order valence-electron chi connectivity index (χ1n) is 4.82. The molecule has 1 unspecified atom stereocenters. The van der Waals surface area contributed by atoms with Crippen LogP contribution in [0.1, 0.15) is 22.3 Å². The lowest BCUT2D eigenvalue weighted by atomic mass is 10.1. The second-order valence-corrected chi connectivity index (χ2v) is 4.48. The van der Waals surface area contributed by atoms with E-state index in [-0.39, 0.29) is 5.02 Å². The fraction of sp³-hybridized carbons (Fsp3) is 0.167. The van der Waals surface area contributed by atoms with Gasteiger partial charge in [0.15, 0.2) is 11.6 Å². The zero-order valence-electron chi connectivity index (χ0n) is 8.81. The van der Waals surface area contributed by atoms with Gasteiger partial charge in [0, 0.05) is 10.6 Å². The third-order valence-electron chi connectivity index (χ3n) is 2.36. The van der Waals surface area contributed by atoms with Gasteiger partial charge >= 0.3 is 0 Å². The number of hydrogen-bond acceptors (Lipinski definition) is 1. The Kier molecular flexibility index (Phi) is 3.40. The number of alkyl halides is 1. The minimum atomic E-state index is -0.994. The fourth-order valence-corrected chi connectivity index (χ4v) is 2.12. The van der Waals surface area contributed by atoms with Crippen molar-refractivity contribution in [2.24, 2.45) is 0 Å². The summed E-state index contributed by atoms with van der Waals surface area (Å²) in [6.07, 6.45) is 1.46. The Balaban J connectivity index is 2.43. The third kappa shape index (κ3) is 2.45. The van der Waals surface area contributed by atoms with Gasteiger partial charge in [-0.05, 0) is 30.7 Å². The molecule has 0 aliphatic rings. The molecule has 0 aliphatic carbocycles. The number of rotatable bonds is 2. The molecule has 0 radical (unpaired) electrons. The highest BCUT2D eigenvalue weighted by atomic mass is 35.5. The molecule has 0 saturated heterocycles. The molecule has 0 spiro atoms. The van der Waals surface area contributed by atoms with Crippen molar-refractivity contribution in [1.29, 1.82) is 0 Å². The molecule has 1 nitrogen and oxygen atoms in total. The second kappa shape index (κ2) is 4.67. The summed E-state index contributed by atoms with van der Waals surface area (Å²) >= 11 is 12.0. The van der Waals surface area contributed by atoms with Gasteiger partial charge in [-0.15, -0.1) is 11.6 Å². The summed E-state index contributed by atoms with van der Waals surface area (Å²) in [5, 5.41) is -0.585. The minimum absolute atomic E-state index is 0.0859. The molecule has 2 rings (SSSR count). The maximum atomic E-state index is 13.1. The Labute approximate surface area is 107 Å². The molecule has 2 aromatic rings. The normalized spacial score (nSPS) is 12.8. The molecule has 1 aromatic carbocycles. The van der Waals surface area contributed by atoms with E-state index in [9.17, 15) is 8.78 Å². The third-order valence-corrected chi connectivity index (χ3v) is 3.17. The Morgan fingerprint density at radius 3 is 2.41 bits per heavy atom. The zero-order valence-corrected chi connectivity index (χ0v) is 10.3. The molecule has 0 bridgehead atoms. The largest absolute Gasteiger partial charge is 0.469 e. The van der Waals surface area contributed by atoms with Crippen LogP contribution in [-0.4, -0.2) is 0 Å². The lowest BCUT2D eigenvalue weighted by molar-refractivity contribution is 0.507. The summed E-state index contributed by atoms with van der Waals surface area (Å²) in [6, 6.07) is 3.63. The molecular formula is C12H8Cl2F2O. The van der Waals surface area contributed by atoms with Crippen LogP contribution in [0, 0.1) is 18.6 Å². The molecular weight excluding hydrogens is 269 g/mol. The standard InChI is InChI=1S/C12H8Cl2F2O/c1-6-2-7(5-17-6)12(14)8-3-10(15)11(16)4-9(8)13/h2-5,12H,1H3. The molecule has 0 aliphatic heterocycles. The lowest BCUT2D eigenvalue weighted by Crippen LogP contribution is -1.96. The average molecular weight is 277 g/mol. The first-order chi connectivity index (χ1) is 7.99. The molecule has 0 N–H and O–H groups in total. The Hall–Kier alpha value is -1.06. The van der Waals surface area contributed by atoms with Crippen LogP contribution in [0.25, 0.3) is 0 Å². The van der Waals surface area contributed by atoms with Crippen LogP contribution in [-0.2, 0) is 0 Å². The molecule has 1 heterocycles. The first kappa shape index (κ1) is 12.4. The van der Waals surface area contributed by atoms with E-state index in [2.05, 4.69) is 0 Å². The molecule has 0 amide bonds. The van der Waals surface area contributed by atoms with Gasteiger partial charge in [0.25, 0.3) is 0 Å². The topological polar surface area (TPSA) is 13.1 Å². The van der Waals surface area contributed by atoms with Crippen LogP contribution in [0.15, 0.2) is 28.9 Å². The highest BCUT2D eigenvalue weighted by Gasteiger charge is 2.18. The monoisotopic (exact) mass is 276 g/mol. The van der Waals surface area contributed by atoms with Gasteiger partial charge in [0.2, 0.25) is 0 Å². The summed E-state index contributed by atoms with van der Waals surface area (Å²) < 4.78 is 31.1. The van der Waals surface area contributed by atoms with Crippen molar-refractivity contribution >= 4 is 23.2 Å². The van der Waals surface area contributed by atoms with Crippen LogP contribution in [0.5, 0.6) is 0 Å². The average Bonchev–Trinajstić information content (AvgIpc) is 2.69. The number of halogens is 4. The molecule has 17 heavy (non-hydrogen) atoms. The van der Waals surface area contributed by atoms with E-state index < -0.39 is 17.0 Å². The van der Waals surface area contributed by atoms with Crippen LogP contribution >= 0.6 is 23.2 Å². The van der Waals surface area contributed by atoms with Crippen molar-refractivity contribution in [2.75, 3.05) is 0 Å². The SMILES string of the molecule is Cc1cc(C(Cl)c2cc(F)c(F)cc2Cl)co1. The van der Waals surface area contributed by atoms with Gasteiger partial charge in [-0.2, -0.15) is 0 Å². The van der Waals surface area contributed by atoms with E-state index in [1.54, 1.807) is 13.0 Å². The molecule has 5 heteroatoms. The highest BCUT2D eigenvalue weighted by molar-refractivity contribution is 6.33. The lowest BCUT2D eigenvalue weighted by Gasteiger charge is -2.10. The van der Waals surface area contributed by atoms with Crippen molar-refractivity contribution < 1.29 is 13.2 Å². The number of aryl methyl sites for hydroxylation is 1. The summed E-state index contributed by atoms with van der Waals surface area (Å²) in [7, 11) is 0. The Bertz CT molecular complexity index is 551. The van der Waals surface area contributed by atoms with Gasteiger partial charge < -0.3 is 4.42 Å². The minimum Gasteiger partial charge on any atom is -0.469 e. The van der Waals surface area contributed by atoms with Crippen LogP contribution in [0.2, 0.25) is 5.02 Å².